The molecule has 0 amide bonds. The lowest BCUT2D eigenvalue weighted by molar-refractivity contribution is 0.0478. The van der Waals surface area contributed by atoms with Crippen molar-refractivity contribution in [3.8, 4) is 5.75 Å². The fourth-order valence-corrected chi connectivity index (χ4v) is 4.46. The second kappa shape index (κ2) is 8.32. The number of aromatic amines is 1. The van der Waals surface area contributed by atoms with Crippen molar-refractivity contribution in [3.05, 3.63) is 104 Å². The lowest BCUT2D eigenvalue weighted by atomic mass is 10.1. The Morgan fingerprint density at radius 2 is 1.88 bits per heavy atom. The molecule has 1 N–H and O–H groups in total. The summed E-state index contributed by atoms with van der Waals surface area (Å²) in [5.74, 6) is 0.154. The maximum atomic E-state index is 13.0. The molecule has 1 unspecified atom stereocenters. The molecule has 1 aliphatic heterocycles. The number of benzene rings is 2. The number of thiophene rings is 1. The lowest BCUT2D eigenvalue weighted by Gasteiger charge is -2.21. The van der Waals surface area contributed by atoms with Gasteiger partial charge in [-0.3, -0.25) is 14.3 Å². The number of carbonyl (C=O) groups is 1. The van der Waals surface area contributed by atoms with Gasteiger partial charge in [0.05, 0.1) is 11.9 Å². The third-order valence-corrected chi connectivity index (χ3v) is 6.17. The molecule has 0 fully saturated rings. The maximum Gasteiger partial charge on any atom is 0.348 e. The van der Waals surface area contributed by atoms with Crippen LogP contribution in [0.1, 0.15) is 20.8 Å². The predicted octanol–water partition coefficient (Wildman–Crippen LogP) is 3.58. The number of fused-ring (bicyclic) bond motifs is 2. The second-order valence-electron chi connectivity index (χ2n) is 7.31. The number of para-hydroxylation sites is 1. The van der Waals surface area contributed by atoms with Crippen LogP contribution in [0.3, 0.4) is 0 Å². The van der Waals surface area contributed by atoms with Crippen molar-refractivity contribution in [1.29, 1.82) is 0 Å². The molecule has 0 spiro atoms. The van der Waals surface area contributed by atoms with Crippen molar-refractivity contribution < 1.29 is 14.3 Å². The Hall–Kier alpha value is -3.91. The van der Waals surface area contributed by atoms with Gasteiger partial charge < -0.3 is 9.47 Å². The van der Waals surface area contributed by atoms with E-state index in [-0.39, 0.29) is 23.4 Å². The zero-order valence-electron chi connectivity index (χ0n) is 16.8. The van der Waals surface area contributed by atoms with E-state index < -0.39 is 23.3 Å². The molecule has 0 bridgehead atoms. The minimum absolute atomic E-state index is 0.0541. The van der Waals surface area contributed by atoms with E-state index in [2.05, 4.69) is 4.98 Å². The van der Waals surface area contributed by atoms with Crippen molar-refractivity contribution in [1.82, 2.24) is 9.55 Å². The molecule has 0 aliphatic carbocycles. The summed E-state index contributed by atoms with van der Waals surface area (Å²) in [6.45, 7) is 0.181. The topological polar surface area (TPSA) is 90.4 Å². The molecule has 2 aromatic heterocycles. The number of nitrogens with zero attached hydrogens (tertiary/aromatic N) is 1. The van der Waals surface area contributed by atoms with E-state index in [1.807, 2.05) is 66.7 Å². The number of rotatable bonds is 5. The van der Waals surface area contributed by atoms with Gasteiger partial charge in [0.25, 0.3) is 5.56 Å². The standard InChI is InChI=1S/C24H18N2O5S/c27-22-18-12-20(23(28)30-14-15-6-2-1-3-7-15)32-21(18)25-24(29)26(22)13-17-11-10-16-8-4-5-9-19(16)31-17/h1-12,17H,13-14H2,(H,25,29). The summed E-state index contributed by atoms with van der Waals surface area (Å²) in [5, 5.41) is 0.265. The summed E-state index contributed by atoms with van der Waals surface area (Å²) in [4.78, 5) is 41.3. The van der Waals surface area contributed by atoms with E-state index in [4.69, 9.17) is 9.47 Å². The second-order valence-corrected chi connectivity index (χ2v) is 8.37. The third-order valence-electron chi connectivity index (χ3n) is 5.14. The fraction of sp³-hybridized carbons (Fsp3) is 0.125. The number of aromatic nitrogens is 2. The first-order valence-electron chi connectivity index (χ1n) is 10.00. The summed E-state index contributed by atoms with van der Waals surface area (Å²) in [6.07, 6.45) is 3.26. The molecule has 160 valence electrons. The molecule has 0 radical (unpaired) electrons. The molecular formula is C24H18N2O5S. The Balaban J connectivity index is 1.38. The van der Waals surface area contributed by atoms with E-state index in [9.17, 15) is 14.4 Å². The van der Waals surface area contributed by atoms with Crippen LogP contribution in [0.4, 0.5) is 0 Å². The summed E-state index contributed by atoms with van der Waals surface area (Å²) >= 11 is 1.03. The van der Waals surface area contributed by atoms with Crippen molar-refractivity contribution in [2.24, 2.45) is 0 Å². The first-order valence-corrected chi connectivity index (χ1v) is 10.8. The highest BCUT2D eigenvalue weighted by atomic mass is 32.1. The van der Waals surface area contributed by atoms with E-state index in [0.29, 0.717) is 10.6 Å². The van der Waals surface area contributed by atoms with Crippen LogP contribution in [0, 0.1) is 0 Å². The monoisotopic (exact) mass is 446 g/mol. The largest absolute Gasteiger partial charge is 0.484 e. The number of H-pyrrole nitrogens is 1. The molecule has 7 nitrogen and oxygen atoms in total. The number of hydrogen-bond donors (Lipinski definition) is 1. The normalized spacial score (nSPS) is 14.7. The van der Waals surface area contributed by atoms with Crippen LogP contribution in [0.2, 0.25) is 0 Å². The molecular weight excluding hydrogens is 428 g/mol. The number of esters is 1. The Kier molecular flexibility index (Phi) is 5.20. The average molecular weight is 446 g/mol. The molecule has 3 heterocycles. The van der Waals surface area contributed by atoms with Gasteiger partial charge in [0.2, 0.25) is 0 Å². The van der Waals surface area contributed by atoms with Crippen molar-refractivity contribution >= 4 is 33.6 Å². The molecule has 0 saturated carbocycles. The van der Waals surface area contributed by atoms with E-state index in [1.165, 1.54) is 6.07 Å². The van der Waals surface area contributed by atoms with Gasteiger partial charge in [-0.1, -0.05) is 54.6 Å². The van der Waals surface area contributed by atoms with Crippen LogP contribution in [0.25, 0.3) is 16.3 Å². The van der Waals surface area contributed by atoms with Crippen LogP contribution in [0.15, 0.2) is 76.3 Å². The van der Waals surface area contributed by atoms with Crippen LogP contribution in [-0.2, 0) is 17.9 Å². The van der Waals surface area contributed by atoms with E-state index in [1.54, 1.807) is 0 Å². The van der Waals surface area contributed by atoms with Crippen LogP contribution in [0.5, 0.6) is 5.75 Å². The molecule has 2 aromatic carbocycles. The lowest BCUT2D eigenvalue weighted by Crippen LogP contribution is -2.39. The highest BCUT2D eigenvalue weighted by molar-refractivity contribution is 7.20. The van der Waals surface area contributed by atoms with Crippen molar-refractivity contribution in [2.45, 2.75) is 19.3 Å². The van der Waals surface area contributed by atoms with Crippen LogP contribution >= 0.6 is 11.3 Å². The Morgan fingerprint density at radius 1 is 1.09 bits per heavy atom. The zero-order chi connectivity index (χ0) is 22.1. The van der Waals surface area contributed by atoms with E-state index in [0.717, 1.165) is 27.0 Å². The number of nitrogens with one attached hydrogen (secondary N) is 1. The van der Waals surface area contributed by atoms with Gasteiger partial charge in [0.15, 0.2) is 0 Å². The first kappa shape index (κ1) is 20.0. The fourth-order valence-electron chi connectivity index (χ4n) is 3.52. The smallest absolute Gasteiger partial charge is 0.348 e. The minimum Gasteiger partial charge on any atom is -0.484 e. The first-order chi connectivity index (χ1) is 15.6. The summed E-state index contributed by atoms with van der Waals surface area (Å²) in [7, 11) is 0. The van der Waals surface area contributed by atoms with Crippen LogP contribution in [-0.4, -0.2) is 21.6 Å². The molecule has 1 atom stereocenters. The van der Waals surface area contributed by atoms with Gasteiger partial charge in [-0.05, 0) is 23.8 Å². The summed E-state index contributed by atoms with van der Waals surface area (Å²) < 4.78 is 12.3. The van der Waals surface area contributed by atoms with Gasteiger partial charge in [-0.2, -0.15) is 0 Å². The third kappa shape index (κ3) is 3.88. The number of hydrogen-bond acceptors (Lipinski definition) is 6. The molecule has 32 heavy (non-hydrogen) atoms. The molecule has 4 aromatic rings. The average Bonchev–Trinajstić information content (AvgIpc) is 3.25. The van der Waals surface area contributed by atoms with Crippen molar-refractivity contribution in [3.63, 3.8) is 0 Å². The SMILES string of the molecule is O=C(OCc1ccccc1)c1cc2c(=O)n(CC3C=Cc4ccccc4O3)c(=O)[nH]c2s1. The quantitative estimate of drug-likeness (QED) is 0.473. The van der Waals surface area contributed by atoms with Gasteiger partial charge >= 0.3 is 11.7 Å². The minimum atomic E-state index is -0.551. The van der Waals surface area contributed by atoms with E-state index >= 15 is 0 Å². The Labute approximate surface area is 186 Å². The van der Waals surface area contributed by atoms with Gasteiger partial charge in [-0.15, -0.1) is 11.3 Å². The van der Waals surface area contributed by atoms with Crippen molar-refractivity contribution in [2.75, 3.05) is 0 Å². The summed E-state index contributed by atoms with van der Waals surface area (Å²) in [5.41, 5.74) is 0.777. The number of carbonyl (C=O) groups excluding carboxylic acids is 1. The molecule has 1 aliphatic rings. The summed E-state index contributed by atoms with van der Waals surface area (Å²) in [6, 6.07) is 18.3. The van der Waals surface area contributed by atoms with Gasteiger partial charge in [-0.25, -0.2) is 9.59 Å². The maximum absolute atomic E-state index is 13.0. The van der Waals surface area contributed by atoms with Gasteiger partial charge in [0, 0.05) is 5.56 Å². The Morgan fingerprint density at radius 3 is 2.72 bits per heavy atom. The molecule has 8 heteroatoms. The molecule has 0 saturated heterocycles. The highest BCUT2D eigenvalue weighted by Gasteiger charge is 2.20. The van der Waals surface area contributed by atoms with Crippen LogP contribution < -0.4 is 16.0 Å². The van der Waals surface area contributed by atoms with Gasteiger partial charge in [0.1, 0.15) is 28.2 Å². The predicted molar refractivity (Wildman–Crippen MR) is 122 cm³/mol. The highest BCUT2D eigenvalue weighted by Crippen LogP contribution is 2.26. The molecule has 5 rings (SSSR count). The Bertz CT molecular complexity index is 1450. The zero-order valence-corrected chi connectivity index (χ0v) is 17.6. The number of ether oxygens (including phenoxy) is 2.